The van der Waals surface area contributed by atoms with Gasteiger partial charge in [0.05, 0.1) is 19.3 Å². The molecule has 3 rings (SSSR count). The van der Waals surface area contributed by atoms with E-state index in [-0.39, 0.29) is 5.97 Å². The van der Waals surface area contributed by atoms with E-state index in [2.05, 4.69) is 9.64 Å². The molecule has 2 aliphatic rings. The highest BCUT2D eigenvalue weighted by Gasteiger charge is 2.38. The Balaban J connectivity index is 1.36. The smallest absolute Gasteiger partial charge is 0.337 e. The summed E-state index contributed by atoms with van der Waals surface area (Å²) in [6, 6.07) is 7.11. The molecule has 2 fully saturated rings. The molecule has 0 spiro atoms. The second-order valence-corrected chi connectivity index (χ2v) is 6.08. The van der Waals surface area contributed by atoms with E-state index >= 15 is 0 Å². The lowest BCUT2D eigenvalue weighted by Gasteiger charge is -2.28. The number of rotatable bonds is 6. The molecule has 2 atom stereocenters. The summed E-state index contributed by atoms with van der Waals surface area (Å²) in [5.74, 6) is 2.46. The molecule has 4 heteroatoms. The molecule has 1 aliphatic carbocycles. The summed E-state index contributed by atoms with van der Waals surface area (Å²) >= 11 is 0. The number of esters is 1. The second-order valence-electron chi connectivity index (χ2n) is 6.08. The van der Waals surface area contributed by atoms with Crippen molar-refractivity contribution < 1.29 is 14.3 Å². The first-order chi connectivity index (χ1) is 10.3. The molecule has 114 valence electrons. The fraction of sp³-hybridized carbons (Fsp3) is 0.588. The summed E-state index contributed by atoms with van der Waals surface area (Å²) in [5, 5.41) is 0. The lowest BCUT2D eigenvalue weighted by atomic mass is 9.77. The van der Waals surface area contributed by atoms with Crippen molar-refractivity contribution in [2.24, 2.45) is 11.8 Å². The number of carbonyl (C=O) groups excluding carboxylic acids is 1. The van der Waals surface area contributed by atoms with Crippen molar-refractivity contribution in [2.45, 2.75) is 19.3 Å². The number of carbonyl (C=O) groups is 1. The summed E-state index contributed by atoms with van der Waals surface area (Å²) in [6.07, 6.45) is 3.92. The van der Waals surface area contributed by atoms with Gasteiger partial charge in [0, 0.05) is 19.6 Å². The molecular weight excluding hydrogens is 266 g/mol. The Bertz CT molecular complexity index is 473. The van der Waals surface area contributed by atoms with Crippen LogP contribution in [0.1, 0.15) is 29.6 Å². The average molecular weight is 289 g/mol. The van der Waals surface area contributed by atoms with Crippen LogP contribution in [0.3, 0.4) is 0 Å². The molecule has 4 nitrogen and oxygen atoms in total. The maximum absolute atomic E-state index is 11.3. The average Bonchev–Trinajstić information content (AvgIpc) is 2.78. The van der Waals surface area contributed by atoms with Gasteiger partial charge in [0.2, 0.25) is 0 Å². The first kappa shape index (κ1) is 14.4. The Labute approximate surface area is 126 Å². The van der Waals surface area contributed by atoms with Gasteiger partial charge in [-0.05, 0) is 55.4 Å². The number of nitrogens with zero attached hydrogens (tertiary/aromatic N) is 1. The van der Waals surface area contributed by atoms with E-state index < -0.39 is 0 Å². The summed E-state index contributed by atoms with van der Waals surface area (Å²) in [5.41, 5.74) is 0.553. The van der Waals surface area contributed by atoms with Crippen LogP contribution in [0.15, 0.2) is 24.3 Å². The number of fused-ring (bicyclic) bond motifs is 1. The minimum atomic E-state index is -0.315. The molecule has 1 aliphatic heterocycles. The standard InChI is InChI=1S/C17H23NO3/c1-20-17(19)13-5-7-16(8-6-13)21-10-2-9-18-11-14-3-4-15(14)12-18/h5-8,14-15H,2-4,9-12H2,1H3/t14-,15+. The van der Waals surface area contributed by atoms with Gasteiger partial charge < -0.3 is 14.4 Å². The fourth-order valence-electron chi connectivity index (χ4n) is 3.32. The van der Waals surface area contributed by atoms with Gasteiger partial charge in [-0.1, -0.05) is 0 Å². The van der Waals surface area contributed by atoms with E-state index in [1.807, 2.05) is 12.1 Å². The third-order valence-corrected chi connectivity index (χ3v) is 4.72. The Hall–Kier alpha value is -1.55. The molecular formula is C17H23NO3. The summed E-state index contributed by atoms with van der Waals surface area (Å²) in [4.78, 5) is 13.9. The van der Waals surface area contributed by atoms with Crippen molar-refractivity contribution in [1.82, 2.24) is 4.90 Å². The molecule has 1 aromatic carbocycles. The molecule has 1 saturated carbocycles. The first-order valence-electron chi connectivity index (χ1n) is 7.80. The van der Waals surface area contributed by atoms with Crippen molar-refractivity contribution in [3.63, 3.8) is 0 Å². The highest BCUT2D eigenvalue weighted by Crippen LogP contribution is 2.40. The summed E-state index contributed by atoms with van der Waals surface area (Å²) in [7, 11) is 1.39. The number of benzene rings is 1. The van der Waals surface area contributed by atoms with Crippen LogP contribution in [0.5, 0.6) is 5.75 Å². The van der Waals surface area contributed by atoms with Gasteiger partial charge in [-0.2, -0.15) is 0 Å². The van der Waals surface area contributed by atoms with Crippen LogP contribution in [0, 0.1) is 11.8 Å². The third-order valence-electron chi connectivity index (χ3n) is 4.72. The van der Waals surface area contributed by atoms with Crippen LogP contribution in [-0.2, 0) is 4.74 Å². The molecule has 1 heterocycles. The fourth-order valence-corrected chi connectivity index (χ4v) is 3.32. The zero-order chi connectivity index (χ0) is 14.7. The zero-order valence-corrected chi connectivity index (χ0v) is 12.6. The summed E-state index contributed by atoms with van der Waals surface area (Å²) in [6.45, 7) is 4.44. The van der Waals surface area contributed by atoms with Gasteiger partial charge in [0.25, 0.3) is 0 Å². The highest BCUT2D eigenvalue weighted by atomic mass is 16.5. The predicted molar refractivity (Wildman–Crippen MR) is 80.5 cm³/mol. The van der Waals surface area contributed by atoms with Crippen LogP contribution in [0.4, 0.5) is 0 Å². The maximum atomic E-state index is 11.3. The molecule has 1 saturated heterocycles. The van der Waals surface area contributed by atoms with Gasteiger partial charge in [-0.25, -0.2) is 4.79 Å². The van der Waals surface area contributed by atoms with Gasteiger partial charge >= 0.3 is 5.97 Å². The Morgan fingerprint density at radius 1 is 1.19 bits per heavy atom. The van der Waals surface area contributed by atoms with Crippen molar-refractivity contribution in [1.29, 1.82) is 0 Å². The Morgan fingerprint density at radius 3 is 2.43 bits per heavy atom. The molecule has 21 heavy (non-hydrogen) atoms. The summed E-state index contributed by atoms with van der Waals surface area (Å²) < 4.78 is 10.4. The van der Waals surface area contributed by atoms with E-state index in [1.165, 1.54) is 33.0 Å². The van der Waals surface area contributed by atoms with Crippen molar-refractivity contribution in [3.05, 3.63) is 29.8 Å². The van der Waals surface area contributed by atoms with Gasteiger partial charge in [-0.15, -0.1) is 0 Å². The minimum Gasteiger partial charge on any atom is -0.494 e. The molecule has 0 radical (unpaired) electrons. The number of likely N-dealkylation sites (tertiary alicyclic amines) is 1. The van der Waals surface area contributed by atoms with E-state index in [0.29, 0.717) is 5.56 Å². The van der Waals surface area contributed by atoms with Crippen molar-refractivity contribution in [2.75, 3.05) is 33.4 Å². The Morgan fingerprint density at radius 2 is 1.86 bits per heavy atom. The largest absolute Gasteiger partial charge is 0.494 e. The molecule has 0 aromatic heterocycles. The second kappa shape index (κ2) is 6.48. The molecule has 0 bridgehead atoms. The van der Waals surface area contributed by atoms with Crippen LogP contribution in [-0.4, -0.2) is 44.2 Å². The molecule has 0 N–H and O–H groups in total. The minimum absolute atomic E-state index is 0.315. The lowest BCUT2D eigenvalue weighted by molar-refractivity contribution is 0.0600. The monoisotopic (exact) mass is 289 g/mol. The molecule has 0 amide bonds. The number of ether oxygens (including phenoxy) is 2. The quantitative estimate of drug-likeness (QED) is 0.596. The highest BCUT2D eigenvalue weighted by molar-refractivity contribution is 5.89. The van der Waals surface area contributed by atoms with Crippen LogP contribution >= 0.6 is 0 Å². The third kappa shape index (κ3) is 3.38. The predicted octanol–water partition coefficient (Wildman–Crippen LogP) is 2.58. The van der Waals surface area contributed by atoms with E-state index in [1.54, 1.807) is 12.1 Å². The van der Waals surface area contributed by atoms with E-state index in [4.69, 9.17) is 4.74 Å². The number of hydrogen-bond donors (Lipinski definition) is 0. The van der Waals surface area contributed by atoms with Gasteiger partial charge in [0.1, 0.15) is 5.75 Å². The topological polar surface area (TPSA) is 38.8 Å². The normalized spacial score (nSPS) is 24.2. The maximum Gasteiger partial charge on any atom is 0.337 e. The van der Waals surface area contributed by atoms with Crippen LogP contribution in [0.2, 0.25) is 0 Å². The van der Waals surface area contributed by atoms with Crippen LogP contribution < -0.4 is 4.74 Å². The number of hydrogen-bond acceptors (Lipinski definition) is 4. The van der Waals surface area contributed by atoms with Gasteiger partial charge in [-0.3, -0.25) is 0 Å². The van der Waals surface area contributed by atoms with Crippen molar-refractivity contribution >= 4 is 5.97 Å². The lowest BCUT2D eigenvalue weighted by Crippen LogP contribution is -2.23. The first-order valence-corrected chi connectivity index (χ1v) is 7.80. The molecule has 1 aromatic rings. The molecule has 0 unspecified atom stereocenters. The van der Waals surface area contributed by atoms with Crippen molar-refractivity contribution in [3.8, 4) is 5.75 Å². The zero-order valence-electron chi connectivity index (χ0n) is 12.6. The van der Waals surface area contributed by atoms with Crippen LogP contribution in [0.25, 0.3) is 0 Å². The van der Waals surface area contributed by atoms with Gasteiger partial charge in [0.15, 0.2) is 0 Å². The Kier molecular flexibility index (Phi) is 4.44. The number of methoxy groups -OCH3 is 1. The van der Waals surface area contributed by atoms with E-state index in [9.17, 15) is 4.79 Å². The van der Waals surface area contributed by atoms with E-state index in [0.717, 1.165) is 37.2 Å². The SMILES string of the molecule is COC(=O)c1ccc(OCCCN2C[C@H]3CC[C@H]3C2)cc1.